The first-order chi connectivity index (χ1) is 12.9. The zero-order valence-corrected chi connectivity index (χ0v) is 15.1. The van der Waals surface area contributed by atoms with Gasteiger partial charge in [0.1, 0.15) is 11.7 Å². The Hall–Kier alpha value is -2.77. The molecule has 0 radical (unpaired) electrons. The van der Waals surface area contributed by atoms with Gasteiger partial charge in [0, 0.05) is 30.9 Å². The van der Waals surface area contributed by atoms with Gasteiger partial charge in [0.25, 0.3) is 0 Å². The van der Waals surface area contributed by atoms with Gasteiger partial charge in [-0.1, -0.05) is 0 Å². The van der Waals surface area contributed by atoms with Crippen LogP contribution in [0, 0.1) is 29.9 Å². The number of hydrogen-bond acceptors (Lipinski definition) is 5. The summed E-state index contributed by atoms with van der Waals surface area (Å²) in [7, 11) is 0. The van der Waals surface area contributed by atoms with Crippen molar-refractivity contribution in [1.82, 2.24) is 14.9 Å². The highest BCUT2D eigenvalue weighted by Gasteiger charge is 2.41. The molecule has 1 aromatic heterocycles. The van der Waals surface area contributed by atoms with E-state index in [1.54, 1.807) is 6.92 Å². The maximum absolute atomic E-state index is 13.6. The highest BCUT2D eigenvalue weighted by Crippen LogP contribution is 2.38. The zero-order chi connectivity index (χ0) is 19.1. The van der Waals surface area contributed by atoms with Crippen LogP contribution in [0.1, 0.15) is 24.0 Å². The first kappa shape index (κ1) is 17.6. The van der Waals surface area contributed by atoms with Crippen molar-refractivity contribution in [1.29, 1.82) is 5.41 Å². The molecule has 0 amide bonds. The van der Waals surface area contributed by atoms with Crippen LogP contribution in [-0.2, 0) is 0 Å². The molecule has 2 aliphatic rings. The van der Waals surface area contributed by atoms with E-state index in [2.05, 4.69) is 14.9 Å². The van der Waals surface area contributed by atoms with Crippen molar-refractivity contribution in [3.05, 3.63) is 47.3 Å². The highest BCUT2D eigenvalue weighted by atomic mass is 19.1. The molecule has 6 nitrogen and oxygen atoms in total. The third-order valence-electron chi connectivity index (χ3n) is 5.33. The maximum Gasteiger partial charge on any atom is 0.225 e. The standard InChI is InChI=1S/C19H22F2N6/c1-11-6-13(20)7-15(22)17(11)18(23)27-5-4-26(10-16(27)12-2-3-12)19-24-8-14(21)9-25-19/h6-9,12,16,23H,2-5,10,22H2,1H3. The summed E-state index contributed by atoms with van der Waals surface area (Å²) in [5.41, 5.74) is 7.57. The van der Waals surface area contributed by atoms with Gasteiger partial charge in [-0.25, -0.2) is 18.7 Å². The van der Waals surface area contributed by atoms with Crippen LogP contribution in [0.25, 0.3) is 0 Å². The minimum atomic E-state index is -0.458. The second-order valence-electron chi connectivity index (χ2n) is 7.28. The number of rotatable bonds is 3. The number of aryl methyl sites for hydroxylation is 1. The fourth-order valence-electron chi connectivity index (χ4n) is 3.86. The summed E-state index contributed by atoms with van der Waals surface area (Å²) in [6.07, 6.45) is 4.58. The van der Waals surface area contributed by atoms with Crippen LogP contribution in [0.2, 0.25) is 0 Å². The highest BCUT2D eigenvalue weighted by molar-refractivity contribution is 6.02. The molecular formula is C19H22F2N6. The van der Waals surface area contributed by atoms with Gasteiger partial charge in [-0.05, 0) is 43.4 Å². The van der Waals surface area contributed by atoms with Gasteiger partial charge in [-0.3, -0.25) is 5.41 Å². The van der Waals surface area contributed by atoms with Gasteiger partial charge < -0.3 is 15.5 Å². The lowest BCUT2D eigenvalue weighted by atomic mass is 10.0. The Morgan fingerprint density at radius 3 is 2.48 bits per heavy atom. The molecule has 8 heteroatoms. The Kier molecular flexibility index (Phi) is 4.41. The molecule has 3 N–H and O–H groups in total. The summed E-state index contributed by atoms with van der Waals surface area (Å²) in [6.45, 7) is 3.67. The Labute approximate surface area is 156 Å². The van der Waals surface area contributed by atoms with Crippen molar-refractivity contribution in [2.45, 2.75) is 25.8 Å². The molecule has 1 saturated carbocycles. The molecule has 0 bridgehead atoms. The van der Waals surface area contributed by atoms with E-state index >= 15 is 0 Å². The van der Waals surface area contributed by atoms with E-state index in [0.29, 0.717) is 48.5 Å². The molecule has 1 atom stereocenters. The largest absolute Gasteiger partial charge is 0.398 e. The van der Waals surface area contributed by atoms with Gasteiger partial charge in [-0.15, -0.1) is 0 Å². The van der Waals surface area contributed by atoms with Gasteiger partial charge in [0.15, 0.2) is 5.82 Å². The summed E-state index contributed by atoms with van der Waals surface area (Å²) < 4.78 is 26.7. The Morgan fingerprint density at radius 1 is 1.15 bits per heavy atom. The zero-order valence-electron chi connectivity index (χ0n) is 15.1. The molecular weight excluding hydrogens is 350 g/mol. The lowest BCUT2D eigenvalue weighted by Gasteiger charge is -2.43. The van der Waals surface area contributed by atoms with Crippen LogP contribution in [0.3, 0.4) is 0 Å². The Bertz CT molecular complexity index is 842. The van der Waals surface area contributed by atoms with E-state index < -0.39 is 11.6 Å². The molecule has 0 spiro atoms. The SMILES string of the molecule is Cc1cc(F)cc(N)c1C(=N)N1CCN(c2ncc(F)cn2)CC1C1CC1. The van der Waals surface area contributed by atoms with Crippen LogP contribution >= 0.6 is 0 Å². The third-order valence-corrected chi connectivity index (χ3v) is 5.33. The summed E-state index contributed by atoms with van der Waals surface area (Å²) in [5, 5.41) is 8.75. The number of halogens is 2. The fraction of sp³-hybridized carbons (Fsp3) is 0.421. The van der Waals surface area contributed by atoms with E-state index in [1.165, 1.54) is 24.5 Å². The summed E-state index contributed by atoms with van der Waals surface area (Å²) in [6, 6.07) is 2.81. The Morgan fingerprint density at radius 2 is 1.85 bits per heavy atom. The second kappa shape index (κ2) is 6.75. The van der Waals surface area contributed by atoms with Crippen LogP contribution in [0.4, 0.5) is 20.4 Å². The van der Waals surface area contributed by atoms with Crippen molar-refractivity contribution in [2.24, 2.45) is 5.92 Å². The average Bonchev–Trinajstić information content (AvgIpc) is 3.46. The van der Waals surface area contributed by atoms with Crippen molar-refractivity contribution in [2.75, 3.05) is 30.3 Å². The van der Waals surface area contributed by atoms with Crippen LogP contribution in [0.15, 0.2) is 24.5 Å². The first-order valence-electron chi connectivity index (χ1n) is 9.07. The molecule has 1 aliphatic carbocycles. The van der Waals surface area contributed by atoms with Crippen LogP contribution in [0.5, 0.6) is 0 Å². The van der Waals surface area contributed by atoms with E-state index in [4.69, 9.17) is 11.1 Å². The van der Waals surface area contributed by atoms with Gasteiger partial charge in [0.2, 0.25) is 5.95 Å². The fourth-order valence-corrected chi connectivity index (χ4v) is 3.86. The number of amidine groups is 1. The van der Waals surface area contributed by atoms with Crippen molar-refractivity contribution in [3.8, 4) is 0 Å². The number of hydrogen-bond donors (Lipinski definition) is 2. The van der Waals surface area contributed by atoms with Crippen molar-refractivity contribution in [3.63, 3.8) is 0 Å². The summed E-state index contributed by atoms with van der Waals surface area (Å²) in [4.78, 5) is 12.3. The molecule has 4 rings (SSSR count). The van der Waals surface area contributed by atoms with E-state index in [1.807, 2.05) is 4.90 Å². The number of aromatic nitrogens is 2. The van der Waals surface area contributed by atoms with E-state index in [9.17, 15) is 8.78 Å². The molecule has 142 valence electrons. The van der Waals surface area contributed by atoms with Gasteiger partial charge in [-0.2, -0.15) is 0 Å². The van der Waals surface area contributed by atoms with Crippen molar-refractivity contribution < 1.29 is 8.78 Å². The second-order valence-corrected chi connectivity index (χ2v) is 7.28. The first-order valence-corrected chi connectivity index (χ1v) is 9.07. The molecule has 2 aromatic rings. The van der Waals surface area contributed by atoms with E-state index in [-0.39, 0.29) is 11.7 Å². The number of benzene rings is 1. The summed E-state index contributed by atoms with van der Waals surface area (Å²) in [5.74, 6) is 0.488. The molecule has 1 aromatic carbocycles. The lowest BCUT2D eigenvalue weighted by Crippen LogP contribution is -2.56. The molecule has 2 heterocycles. The van der Waals surface area contributed by atoms with Crippen molar-refractivity contribution >= 4 is 17.5 Å². The number of nitrogens with zero attached hydrogens (tertiary/aromatic N) is 4. The molecule has 1 saturated heterocycles. The van der Waals surface area contributed by atoms with Gasteiger partial charge in [0.05, 0.1) is 18.4 Å². The molecule has 27 heavy (non-hydrogen) atoms. The third kappa shape index (κ3) is 3.43. The average molecular weight is 372 g/mol. The molecule has 2 fully saturated rings. The smallest absolute Gasteiger partial charge is 0.225 e. The topological polar surface area (TPSA) is 82.1 Å². The molecule has 1 unspecified atom stereocenters. The predicted octanol–water partition coefficient (Wildman–Crippen LogP) is 2.57. The Balaban J connectivity index is 1.59. The monoisotopic (exact) mass is 372 g/mol. The number of piperazine rings is 1. The lowest BCUT2D eigenvalue weighted by molar-refractivity contribution is 0.252. The minimum absolute atomic E-state index is 0.128. The van der Waals surface area contributed by atoms with Crippen LogP contribution in [-0.4, -0.2) is 46.4 Å². The molecule has 1 aliphatic heterocycles. The van der Waals surface area contributed by atoms with Gasteiger partial charge >= 0.3 is 0 Å². The number of nitrogen functional groups attached to an aromatic ring is 1. The predicted molar refractivity (Wildman–Crippen MR) is 99.8 cm³/mol. The number of anilines is 2. The minimum Gasteiger partial charge on any atom is -0.398 e. The number of nitrogens with two attached hydrogens (primary N) is 1. The number of nitrogens with one attached hydrogen (secondary N) is 1. The van der Waals surface area contributed by atoms with Crippen LogP contribution < -0.4 is 10.6 Å². The quantitative estimate of drug-likeness (QED) is 0.492. The maximum atomic E-state index is 13.6. The normalized spacial score (nSPS) is 20.0. The summed E-state index contributed by atoms with van der Waals surface area (Å²) >= 11 is 0. The van der Waals surface area contributed by atoms with E-state index in [0.717, 1.165) is 12.8 Å².